The Balaban J connectivity index is 1.35. The van der Waals surface area contributed by atoms with Crippen LogP contribution in [-0.4, -0.2) is 32.0 Å². The quantitative estimate of drug-likeness (QED) is 0.325. The third kappa shape index (κ3) is 6.60. The second-order valence-corrected chi connectivity index (χ2v) is 8.48. The van der Waals surface area contributed by atoms with Crippen LogP contribution in [0.5, 0.6) is 5.75 Å². The number of amides is 2. The molecule has 0 radical (unpaired) electrons. The van der Waals surface area contributed by atoms with Gasteiger partial charge in [-0.15, -0.1) is 0 Å². The van der Waals surface area contributed by atoms with Crippen molar-refractivity contribution in [1.29, 1.82) is 0 Å². The summed E-state index contributed by atoms with van der Waals surface area (Å²) in [5.74, 6) is 0.307. The van der Waals surface area contributed by atoms with Gasteiger partial charge in [-0.1, -0.05) is 72.8 Å². The number of hydrogen-bond acceptors (Lipinski definition) is 3. The first-order valence-corrected chi connectivity index (χ1v) is 12.1. The van der Waals surface area contributed by atoms with E-state index in [0.717, 1.165) is 18.4 Å². The molecule has 4 aromatic rings. The summed E-state index contributed by atoms with van der Waals surface area (Å²) in [6.45, 7) is 1.07. The minimum atomic E-state index is -0.205. The summed E-state index contributed by atoms with van der Waals surface area (Å²) < 4.78 is 5.83. The van der Waals surface area contributed by atoms with Crippen molar-refractivity contribution in [3.05, 3.63) is 131 Å². The number of ether oxygens (including phenoxy) is 1. The molecule has 0 aliphatic carbocycles. The zero-order valence-corrected chi connectivity index (χ0v) is 20.4. The second kappa shape index (κ2) is 12.4. The van der Waals surface area contributed by atoms with Crippen LogP contribution in [0, 0.1) is 0 Å². The largest absolute Gasteiger partial charge is 0.493 e. The fourth-order valence-electron chi connectivity index (χ4n) is 3.95. The first-order chi connectivity index (χ1) is 17.6. The van der Waals surface area contributed by atoms with Crippen LogP contribution in [0.15, 0.2) is 109 Å². The molecule has 0 aliphatic heterocycles. The first-order valence-electron chi connectivity index (χ1n) is 12.1. The highest BCUT2D eigenvalue weighted by Crippen LogP contribution is 2.22. The molecule has 0 aliphatic rings. The molecule has 2 amide bonds. The minimum Gasteiger partial charge on any atom is -0.493 e. The standard InChI is InChI=1S/C31H30N2O3/c1-33(29-15-9-8-14-28(29)30(34)32-22-20-24-10-4-2-5-11-24)31(35)26-16-18-27(19-17-26)36-23-21-25-12-6-3-7-13-25/h2-19H,20-23H2,1H3,(H,32,34). The predicted octanol–water partition coefficient (Wildman–Crippen LogP) is 5.56. The van der Waals surface area contributed by atoms with E-state index in [-0.39, 0.29) is 11.8 Å². The molecule has 182 valence electrons. The van der Waals surface area contributed by atoms with Gasteiger partial charge in [-0.3, -0.25) is 9.59 Å². The van der Waals surface area contributed by atoms with E-state index in [1.807, 2.05) is 54.6 Å². The highest BCUT2D eigenvalue weighted by atomic mass is 16.5. The van der Waals surface area contributed by atoms with Crippen LogP contribution in [0.25, 0.3) is 0 Å². The number of carbonyl (C=O) groups is 2. The Morgan fingerprint density at radius 1 is 0.722 bits per heavy atom. The Bertz CT molecular complexity index is 1270. The van der Waals surface area contributed by atoms with Crippen molar-refractivity contribution >= 4 is 17.5 Å². The van der Waals surface area contributed by atoms with Gasteiger partial charge in [-0.05, 0) is 53.9 Å². The second-order valence-electron chi connectivity index (χ2n) is 8.48. The third-order valence-corrected chi connectivity index (χ3v) is 5.96. The van der Waals surface area contributed by atoms with E-state index < -0.39 is 0 Å². The van der Waals surface area contributed by atoms with Gasteiger partial charge >= 0.3 is 0 Å². The van der Waals surface area contributed by atoms with Gasteiger partial charge in [0.05, 0.1) is 17.9 Å². The number of nitrogens with zero attached hydrogens (tertiary/aromatic N) is 1. The molecule has 36 heavy (non-hydrogen) atoms. The van der Waals surface area contributed by atoms with Crippen LogP contribution in [-0.2, 0) is 12.8 Å². The first kappa shape index (κ1) is 24.7. The van der Waals surface area contributed by atoms with Crippen LogP contribution in [0.2, 0.25) is 0 Å². The lowest BCUT2D eigenvalue weighted by Crippen LogP contribution is -2.31. The average Bonchev–Trinajstić information content (AvgIpc) is 2.94. The van der Waals surface area contributed by atoms with Gasteiger partial charge in [0.2, 0.25) is 0 Å². The van der Waals surface area contributed by atoms with Crippen LogP contribution in [0.4, 0.5) is 5.69 Å². The van der Waals surface area contributed by atoms with Crippen molar-refractivity contribution in [2.75, 3.05) is 25.1 Å². The molecule has 0 saturated heterocycles. The average molecular weight is 479 g/mol. The number of hydrogen-bond donors (Lipinski definition) is 1. The zero-order valence-electron chi connectivity index (χ0n) is 20.4. The topological polar surface area (TPSA) is 58.6 Å². The van der Waals surface area contributed by atoms with Gasteiger partial charge in [-0.2, -0.15) is 0 Å². The minimum absolute atomic E-state index is 0.199. The smallest absolute Gasteiger partial charge is 0.258 e. The van der Waals surface area contributed by atoms with Gasteiger partial charge in [0, 0.05) is 25.6 Å². The van der Waals surface area contributed by atoms with Crippen molar-refractivity contribution in [1.82, 2.24) is 5.32 Å². The summed E-state index contributed by atoms with van der Waals surface area (Å²) in [5.41, 5.74) is 3.91. The van der Waals surface area contributed by atoms with Crippen LogP contribution in [0.1, 0.15) is 31.8 Å². The molecule has 0 fully saturated rings. The summed E-state index contributed by atoms with van der Waals surface area (Å²) in [4.78, 5) is 27.6. The van der Waals surface area contributed by atoms with Gasteiger partial charge in [0.25, 0.3) is 11.8 Å². The number of rotatable bonds is 10. The number of anilines is 1. The maximum atomic E-state index is 13.2. The van der Waals surface area contributed by atoms with Gasteiger partial charge in [0.15, 0.2) is 0 Å². The molecule has 0 heterocycles. The maximum absolute atomic E-state index is 13.2. The highest BCUT2D eigenvalue weighted by molar-refractivity contribution is 6.10. The molecule has 0 unspecified atom stereocenters. The number of para-hydroxylation sites is 1. The summed E-state index contributed by atoms with van der Waals surface area (Å²) in [6, 6.07) is 34.4. The monoisotopic (exact) mass is 478 g/mol. The molecular formula is C31H30N2O3. The van der Waals surface area contributed by atoms with Crippen LogP contribution >= 0.6 is 0 Å². The Morgan fingerprint density at radius 2 is 1.31 bits per heavy atom. The van der Waals surface area contributed by atoms with Crippen LogP contribution < -0.4 is 15.0 Å². The van der Waals surface area contributed by atoms with Gasteiger partial charge < -0.3 is 15.0 Å². The van der Waals surface area contributed by atoms with Crippen molar-refractivity contribution in [2.24, 2.45) is 0 Å². The summed E-state index contributed by atoms with van der Waals surface area (Å²) >= 11 is 0. The molecule has 5 heteroatoms. The highest BCUT2D eigenvalue weighted by Gasteiger charge is 2.19. The zero-order chi connectivity index (χ0) is 25.2. The van der Waals surface area contributed by atoms with E-state index in [9.17, 15) is 9.59 Å². The molecule has 0 bridgehead atoms. The van der Waals surface area contributed by atoms with E-state index in [4.69, 9.17) is 4.74 Å². The third-order valence-electron chi connectivity index (χ3n) is 5.96. The lowest BCUT2D eigenvalue weighted by atomic mass is 10.1. The molecular weight excluding hydrogens is 448 g/mol. The SMILES string of the molecule is CN(C(=O)c1ccc(OCCc2ccccc2)cc1)c1ccccc1C(=O)NCCc1ccccc1. The van der Waals surface area contributed by atoms with E-state index in [1.54, 1.807) is 49.5 Å². The Labute approximate surface area is 212 Å². The lowest BCUT2D eigenvalue weighted by Gasteiger charge is -2.21. The molecule has 0 atom stereocenters. The molecule has 4 rings (SSSR count). The molecule has 0 spiro atoms. The molecule has 0 aromatic heterocycles. The number of nitrogens with one attached hydrogen (secondary N) is 1. The van der Waals surface area contributed by atoms with Gasteiger partial charge in [0.1, 0.15) is 5.75 Å². The lowest BCUT2D eigenvalue weighted by molar-refractivity contribution is 0.0954. The summed E-state index contributed by atoms with van der Waals surface area (Å²) in [5, 5.41) is 2.97. The normalized spacial score (nSPS) is 10.5. The van der Waals surface area contributed by atoms with E-state index in [2.05, 4.69) is 17.4 Å². The van der Waals surface area contributed by atoms with Crippen molar-refractivity contribution in [2.45, 2.75) is 12.8 Å². The number of benzene rings is 4. The predicted molar refractivity (Wildman–Crippen MR) is 144 cm³/mol. The fourth-order valence-corrected chi connectivity index (χ4v) is 3.95. The molecule has 4 aromatic carbocycles. The van der Waals surface area contributed by atoms with E-state index in [0.29, 0.717) is 35.7 Å². The maximum Gasteiger partial charge on any atom is 0.258 e. The van der Waals surface area contributed by atoms with E-state index in [1.165, 1.54) is 10.5 Å². The van der Waals surface area contributed by atoms with Gasteiger partial charge in [-0.25, -0.2) is 0 Å². The van der Waals surface area contributed by atoms with E-state index >= 15 is 0 Å². The Morgan fingerprint density at radius 3 is 1.97 bits per heavy atom. The molecule has 0 saturated carbocycles. The molecule has 5 nitrogen and oxygen atoms in total. The molecule has 1 N–H and O–H groups in total. The fraction of sp³-hybridized carbons (Fsp3) is 0.161. The van der Waals surface area contributed by atoms with Crippen LogP contribution in [0.3, 0.4) is 0 Å². The van der Waals surface area contributed by atoms with Crippen molar-refractivity contribution < 1.29 is 14.3 Å². The van der Waals surface area contributed by atoms with Crippen molar-refractivity contribution in [3.8, 4) is 5.75 Å². The summed E-state index contributed by atoms with van der Waals surface area (Å²) in [6.07, 6.45) is 1.55. The Hall–Kier alpha value is -4.38. The Kier molecular flexibility index (Phi) is 8.49. The summed E-state index contributed by atoms with van der Waals surface area (Å²) in [7, 11) is 1.68. The van der Waals surface area contributed by atoms with Crippen molar-refractivity contribution in [3.63, 3.8) is 0 Å². The number of carbonyl (C=O) groups excluding carboxylic acids is 2.